The Balaban J connectivity index is 0.760. The van der Waals surface area contributed by atoms with Crippen molar-refractivity contribution in [1.82, 2.24) is 24.3 Å². The summed E-state index contributed by atoms with van der Waals surface area (Å²) < 4.78 is 36.0. The first-order valence-electron chi connectivity index (χ1n) is 23.1. The second-order valence-electron chi connectivity index (χ2n) is 19.0. The van der Waals surface area contributed by atoms with Crippen molar-refractivity contribution in [2.75, 3.05) is 56.2 Å². The smallest absolute Gasteiger partial charge is 0.293 e. The molecule has 6 fully saturated rings. The van der Waals surface area contributed by atoms with Crippen LogP contribution in [0.2, 0.25) is 0 Å². The van der Waals surface area contributed by atoms with Crippen LogP contribution in [0.3, 0.4) is 0 Å². The summed E-state index contributed by atoms with van der Waals surface area (Å²) >= 11 is 0. The number of carbonyl (C=O) groups is 2. The van der Waals surface area contributed by atoms with Crippen LogP contribution >= 0.6 is 0 Å². The number of imidazole rings is 1. The SMILES string of the molecule is Cc1cc(-c2ccccc2CN2CCN(c3ccc(C(=O)NS(=O)(=O)c4ccc(NCC5CCOCC5)c([N+](=O)[O-])c4)cc3)CC2)c2nc(C(=O)NC3C4CC5CC(C4)CC3C5)cn2c1. The Morgan fingerprint density at radius 1 is 0.846 bits per heavy atom. The van der Waals surface area contributed by atoms with E-state index in [4.69, 9.17) is 9.72 Å². The Hall–Kier alpha value is -5.84. The Morgan fingerprint density at radius 2 is 1.55 bits per heavy atom. The van der Waals surface area contributed by atoms with E-state index in [9.17, 15) is 28.1 Å². The van der Waals surface area contributed by atoms with Crippen molar-refractivity contribution in [3.05, 3.63) is 118 Å². The van der Waals surface area contributed by atoms with Crippen molar-refractivity contribution >= 4 is 44.5 Å². The van der Waals surface area contributed by atoms with Gasteiger partial charge in [-0.3, -0.25) is 24.6 Å². The largest absolute Gasteiger partial charge is 0.381 e. The fourth-order valence-electron chi connectivity index (χ4n) is 11.5. The number of hydrogen-bond donors (Lipinski definition) is 3. The third kappa shape index (κ3) is 9.08. The maximum atomic E-state index is 13.8. The molecule has 0 atom stereocenters. The molecule has 2 aliphatic heterocycles. The van der Waals surface area contributed by atoms with Gasteiger partial charge < -0.3 is 24.7 Å². The summed E-state index contributed by atoms with van der Waals surface area (Å²) in [6.45, 7) is 7.68. The van der Waals surface area contributed by atoms with Gasteiger partial charge in [0.15, 0.2) is 0 Å². The van der Waals surface area contributed by atoms with Gasteiger partial charge in [0.05, 0.1) is 9.82 Å². The summed E-state index contributed by atoms with van der Waals surface area (Å²) in [4.78, 5) is 47.5. The van der Waals surface area contributed by atoms with Gasteiger partial charge in [0.2, 0.25) is 0 Å². The molecule has 16 heteroatoms. The summed E-state index contributed by atoms with van der Waals surface area (Å²) in [5.41, 5.74) is 6.46. The minimum absolute atomic E-state index is 0.0755. The second-order valence-corrected chi connectivity index (χ2v) is 20.7. The number of benzene rings is 3. The zero-order valence-electron chi connectivity index (χ0n) is 36.7. The average Bonchev–Trinajstić information content (AvgIpc) is 3.74. The van der Waals surface area contributed by atoms with Gasteiger partial charge in [-0.1, -0.05) is 24.3 Å². The van der Waals surface area contributed by atoms with Gasteiger partial charge in [-0.05, 0) is 141 Å². The highest BCUT2D eigenvalue weighted by atomic mass is 32.2. The molecule has 5 aromatic rings. The minimum Gasteiger partial charge on any atom is -0.381 e. The molecule has 0 radical (unpaired) electrons. The molecule has 3 aromatic carbocycles. The van der Waals surface area contributed by atoms with Crippen molar-refractivity contribution < 1.29 is 27.7 Å². The fraction of sp³-hybridized carbons (Fsp3) is 0.449. The highest BCUT2D eigenvalue weighted by Crippen LogP contribution is 2.53. The predicted molar refractivity (Wildman–Crippen MR) is 247 cm³/mol. The van der Waals surface area contributed by atoms with Crippen molar-refractivity contribution in [3.63, 3.8) is 0 Å². The van der Waals surface area contributed by atoms with Crippen molar-refractivity contribution in [1.29, 1.82) is 0 Å². The van der Waals surface area contributed by atoms with Crippen LogP contribution in [0.4, 0.5) is 17.1 Å². The number of carbonyl (C=O) groups excluding carboxylic acids is 2. The zero-order chi connectivity index (χ0) is 44.8. The molecule has 4 aliphatic carbocycles. The molecule has 2 amide bonds. The van der Waals surface area contributed by atoms with Crippen LogP contribution in [0.15, 0.2) is 90.1 Å². The number of nitrogens with one attached hydrogen (secondary N) is 3. The molecule has 4 saturated carbocycles. The van der Waals surface area contributed by atoms with Crippen LogP contribution < -0.4 is 20.3 Å². The van der Waals surface area contributed by atoms with Gasteiger partial charge >= 0.3 is 0 Å². The van der Waals surface area contributed by atoms with Gasteiger partial charge in [0.25, 0.3) is 27.5 Å². The number of aromatic nitrogens is 2. The average molecular weight is 901 g/mol. The number of ether oxygens (including phenoxy) is 1. The molecule has 2 aromatic heterocycles. The fourth-order valence-corrected chi connectivity index (χ4v) is 12.5. The van der Waals surface area contributed by atoms with Crippen LogP contribution in [-0.4, -0.2) is 91.4 Å². The van der Waals surface area contributed by atoms with Crippen LogP contribution in [0, 0.1) is 46.6 Å². The van der Waals surface area contributed by atoms with Gasteiger partial charge in [0, 0.05) is 93.8 Å². The molecule has 6 aliphatic rings. The Morgan fingerprint density at radius 3 is 2.26 bits per heavy atom. The van der Waals surface area contributed by atoms with Crippen molar-refractivity contribution in [2.45, 2.75) is 69.4 Å². The quantitative estimate of drug-likeness (QED) is 0.0814. The summed E-state index contributed by atoms with van der Waals surface area (Å²) in [6.07, 6.45) is 12.0. The molecule has 0 unspecified atom stereocenters. The molecule has 0 spiro atoms. The third-order valence-electron chi connectivity index (χ3n) is 14.6. The van der Waals surface area contributed by atoms with Gasteiger partial charge in [-0.15, -0.1) is 0 Å². The lowest BCUT2D eigenvalue weighted by atomic mass is 9.54. The number of rotatable bonds is 13. The van der Waals surface area contributed by atoms with Crippen LogP contribution in [0.1, 0.15) is 76.9 Å². The first-order chi connectivity index (χ1) is 31.4. The maximum Gasteiger partial charge on any atom is 0.293 e. The lowest BCUT2D eigenvalue weighted by Crippen LogP contribution is -2.55. The number of amides is 2. The standard InChI is InChI=1S/C49H56N8O7S/c1-31-20-42(47-51-44(30-56(47)28-31)49(59)52-46-37-22-33-21-34(24-37)25-38(46)23-33)41-5-3-2-4-36(41)29-54-14-16-55(17-15-54)39-8-6-35(7-9-39)48(58)53-65(62,63)40-10-11-43(45(26-40)57(60)61)50-27-32-12-18-64-19-13-32/h2-11,20,26,28,30,32-34,37-38,46,50H,12-19,21-25,27,29H2,1H3,(H,52,59)(H,53,58). The van der Waals surface area contributed by atoms with E-state index in [1.807, 2.05) is 16.8 Å². The number of nitrogens with zero attached hydrogens (tertiary/aromatic N) is 5. The normalized spacial score (nSPS) is 23.4. The van der Waals surface area contributed by atoms with E-state index >= 15 is 0 Å². The summed E-state index contributed by atoms with van der Waals surface area (Å²) in [6, 6.07) is 21.2. The monoisotopic (exact) mass is 900 g/mol. The van der Waals surface area contributed by atoms with E-state index in [2.05, 4.69) is 62.4 Å². The van der Waals surface area contributed by atoms with E-state index in [1.165, 1.54) is 49.8 Å². The maximum absolute atomic E-state index is 13.8. The summed E-state index contributed by atoms with van der Waals surface area (Å²) in [7, 11) is -4.41. The van der Waals surface area contributed by atoms with Crippen molar-refractivity contribution in [2.24, 2.45) is 29.6 Å². The predicted octanol–water partition coefficient (Wildman–Crippen LogP) is 7.05. The molecule has 4 heterocycles. The van der Waals surface area contributed by atoms with Crippen LogP contribution in [-0.2, 0) is 21.3 Å². The van der Waals surface area contributed by atoms with E-state index in [-0.39, 0.29) is 33.8 Å². The van der Waals surface area contributed by atoms with Gasteiger partial charge in [-0.2, -0.15) is 0 Å². The number of fused-ring (bicyclic) bond motifs is 1. The first kappa shape index (κ1) is 43.1. The van der Waals surface area contributed by atoms with Crippen LogP contribution in [0.5, 0.6) is 0 Å². The van der Waals surface area contributed by atoms with E-state index in [1.54, 1.807) is 24.3 Å². The zero-order valence-corrected chi connectivity index (χ0v) is 37.5. The molecule has 4 bridgehead atoms. The number of nitro groups is 1. The summed E-state index contributed by atoms with van der Waals surface area (Å²) in [5, 5.41) is 18.4. The highest BCUT2D eigenvalue weighted by molar-refractivity contribution is 7.90. The van der Waals surface area contributed by atoms with Crippen molar-refractivity contribution in [3.8, 4) is 11.1 Å². The number of aryl methyl sites for hydroxylation is 1. The first-order valence-corrected chi connectivity index (χ1v) is 24.6. The number of sulfonamides is 1. The molecule has 11 rings (SSSR count). The molecule has 2 saturated heterocycles. The van der Waals surface area contributed by atoms with Gasteiger partial charge in [-0.25, -0.2) is 18.1 Å². The number of hydrogen-bond acceptors (Lipinski definition) is 11. The third-order valence-corrected chi connectivity index (χ3v) is 16.0. The van der Waals surface area contributed by atoms with E-state index < -0.39 is 20.9 Å². The molecule has 340 valence electrons. The lowest BCUT2D eigenvalue weighted by Gasteiger charge is -2.54. The summed E-state index contributed by atoms with van der Waals surface area (Å²) in [5.74, 6) is 2.26. The second kappa shape index (κ2) is 17.9. The molecule has 3 N–H and O–H groups in total. The van der Waals surface area contributed by atoms with Gasteiger partial charge in [0.1, 0.15) is 17.0 Å². The van der Waals surface area contributed by atoms with E-state index in [0.29, 0.717) is 43.2 Å². The Kier molecular flexibility index (Phi) is 11.8. The Bertz CT molecular complexity index is 2700. The lowest BCUT2D eigenvalue weighted by molar-refractivity contribution is -0.384. The Labute approximate surface area is 379 Å². The van der Waals surface area contributed by atoms with E-state index in [0.717, 1.165) is 91.5 Å². The topological polar surface area (TPSA) is 181 Å². The highest BCUT2D eigenvalue weighted by Gasteiger charge is 2.48. The number of anilines is 2. The number of nitro benzene ring substituents is 1. The molecular formula is C49H56N8O7S. The molecule has 15 nitrogen and oxygen atoms in total. The van der Waals surface area contributed by atoms with Crippen LogP contribution in [0.25, 0.3) is 16.8 Å². The number of piperazine rings is 1. The molecular weight excluding hydrogens is 845 g/mol. The minimum atomic E-state index is -4.41. The number of pyridine rings is 1. The molecule has 65 heavy (non-hydrogen) atoms.